The van der Waals surface area contributed by atoms with Crippen LogP contribution in [0.1, 0.15) is 44.6 Å². The van der Waals surface area contributed by atoms with Crippen LogP contribution >= 0.6 is 0 Å². The molecule has 2 atom stereocenters. The molecule has 1 aliphatic rings. The SMILES string of the molecule is CC[C@H](CNC(=O)[C@@H](C)N(C)CC(=O)NC1CC1)c1ccccc1. The Kier molecular flexibility index (Phi) is 6.79. The second-order valence-corrected chi connectivity index (χ2v) is 6.69. The van der Waals surface area contributed by atoms with Gasteiger partial charge in [-0.05, 0) is 38.8 Å². The largest absolute Gasteiger partial charge is 0.354 e. The first-order valence-corrected chi connectivity index (χ1v) is 8.83. The highest BCUT2D eigenvalue weighted by Crippen LogP contribution is 2.19. The molecular formula is C19H29N3O2. The lowest BCUT2D eigenvalue weighted by Gasteiger charge is -2.24. The molecule has 2 amide bonds. The van der Waals surface area contributed by atoms with Crippen molar-refractivity contribution >= 4 is 11.8 Å². The van der Waals surface area contributed by atoms with Gasteiger partial charge >= 0.3 is 0 Å². The Morgan fingerprint density at radius 3 is 2.50 bits per heavy atom. The van der Waals surface area contributed by atoms with Crippen LogP contribution in [0.3, 0.4) is 0 Å². The summed E-state index contributed by atoms with van der Waals surface area (Å²) >= 11 is 0. The van der Waals surface area contributed by atoms with Crippen molar-refractivity contribution < 1.29 is 9.59 Å². The van der Waals surface area contributed by atoms with Crippen LogP contribution in [-0.4, -0.2) is 48.9 Å². The molecule has 2 rings (SSSR count). The zero-order valence-electron chi connectivity index (χ0n) is 14.9. The number of likely N-dealkylation sites (N-methyl/N-ethyl adjacent to an activating group) is 1. The van der Waals surface area contributed by atoms with Crippen molar-refractivity contribution in [3.63, 3.8) is 0 Å². The van der Waals surface area contributed by atoms with Gasteiger partial charge in [-0.3, -0.25) is 14.5 Å². The van der Waals surface area contributed by atoms with E-state index < -0.39 is 0 Å². The summed E-state index contributed by atoms with van der Waals surface area (Å²) in [5.41, 5.74) is 1.24. The number of nitrogens with one attached hydrogen (secondary N) is 2. The first kappa shape index (κ1) is 18.5. The van der Waals surface area contributed by atoms with Crippen LogP contribution in [0.2, 0.25) is 0 Å². The fourth-order valence-corrected chi connectivity index (χ4v) is 2.66. The number of hydrogen-bond acceptors (Lipinski definition) is 3. The van der Waals surface area contributed by atoms with Crippen molar-refractivity contribution in [1.82, 2.24) is 15.5 Å². The van der Waals surface area contributed by atoms with Gasteiger partial charge < -0.3 is 10.6 Å². The molecule has 24 heavy (non-hydrogen) atoms. The van der Waals surface area contributed by atoms with Gasteiger partial charge in [0.15, 0.2) is 0 Å². The molecule has 5 nitrogen and oxygen atoms in total. The van der Waals surface area contributed by atoms with E-state index >= 15 is 0 Å². The van der Waals surface area contributed by atoms with E-state index in [1.807, 2.05) is 32.2 Å². The summed E-state index contributed by atoms with van der Waals surface area (Å²) in [5, 5.41) is 5.97. The van der Waals surface area contributed by atoms with Crippen LogP contribution in [0, 0.1) is 0 Å². The number of amides is 2. The van der Waals surface area contributed by atoms with Crippen molar-refractivity contribution in [2.75, 3.05) is 20.1 Å². The highest BCUT2D eigenvalue weighted by molar-refractivity contribution is 5.83. The Morgan fingerprint density at radius 2 is 1.92 bits per heavy atom. The maximum absolute atomic E-state index is 12.4. The van der Waals surface area contributed by atoms with Crippen molar-refractivity contribution in [2.24, 2.45) is 0 Å². The average molecular weight is 331 g/mol. The minimum Gasteiger partial charge on any atom is -0.354 e. The maximum atomic E-state index is 12.4. The number of benzene rings is 1. The normalized spacial score (nSPS) is 16.5. The molecule has 1 saturated carbocycles. The third-order valence-electron chi connectivity index (χ3n) is 4.66. The summed E-state index contributed by atoms with van der Waals surface area (Å²) in [6.07, 6.45) is 3.12. The smallest absolute Gasteiger partial charge is 0.237 e. The predicted molar refractivity (Wildman–Crippen MR) is 95.7 cm³/mol. The van der Waals surface area contributed by atoms with E-state index in [2.05, 4.69) is 29.7 Å². The van der Waals surface area contributed by atoms with Crippen LogP contribution in [0.15, 0.2) is 30.3 Å². The van der Waals surface area contributed by atoms with Crippen molar-refractivity contribution in [3.05, 3.63) is 35.9 Å². The topological polar surface area (TPSA) is 61.4 Å². The van der Waals surface area contributed by atoms with Gasteiger partial charge in [0.2, 0.25) is 11.8 Å². The highest BCUT2D eigenvalue weighted by atomic mass is 16.2. The molecule has 0 aliphatic heterocycles. The lowest BCUT2D eigenvalue weighted by atomic mass is 9.96. The quantitative estimate of drug-likeness (QED) is 0.726. The molecule has 1 aromatic rings. The molecule has 0 heterocycles. The summed E-state index contributed by atoms with van der Waals surface area (Å²) in [6, 6.07) is 10.3. The van der Waals surface area contributed by atoms with Crippen LogP contribution < -0.4 is 10.6 Å². The second-order valence-electron chi connectivity index (χ2n) is 6.69. The van der Waals surface area contributed by atoms with Crippen molar-refractivity contribution in [3.8, 4) is 0 Å². The Bertz CT molecular complexity index is 543. The zero-order valence-corrected chi connectivity index (χ0v) is 14.9. The van der Waals surface area contributed by atoms with Crippen molar-refractivity contribution in [1.29, 1.82) is 0 Å². The fourth-order valence-electron chi connectivity index (χ4n) is 2.66. The molecule has 0 bridgehead atoms. The number of hydrogen-bond donors (Lipinski definition) is 2. The Morgan fingerprint density at radius 1 is 1.25 bits per heavy atom. The molecule has 1 aromatic carbocycles. The minimum atomic E-state index is -0.330. The Balaban J connectivity index is 1.78. The number of nitrogens with zero attached hydrogens (tertiary/aromatic N) is 1. The van der Waals surface area contributed by atoms with Crippen molar-refractivity contribution in [2.45, 2.75) is 51.1 Å². The average Bonchev–Trinajstić information content (AvgIpc) is 3.39. The Hall–Kier alpha value is -1.88. The van der Waals surface area contributed by atoms with E-state index in [0.717, 1.165) is 19.3 Å². The van der Waals surface area contributed by atoms with Gasteiger partial charge in [0.25, 0.3) is 0 Å². The lowest BCUT2D eigenvalue weighted by molar-refractivity contribution is -0.127. The molecule has 1 aliphatic carbocycles. The molecule has 5 heteroatoms. The van der Waals surface area contributed by atoms with E-state index in [-0.39, 0.29) is 24.4 Å². The highest BCUT2D eigenvalue weighted by Gasteiger charge is 2.25. The van der Waals surface area contributed by atoms with Gasteiger partial charge in [-0.25, -0.2) is 0 Å². The Labute approximate surface area is 144 Å². The van der Waals surface area contributed by atoms with Gasteiger partial charge in [-0.15, -0.1) is 0 Å². The van der Waals surface area contributed by atoms with Gasteiger partial charge in [0.05, 0.1) is 12.6 Å². The van der Waals surface area contributed by atoms with Gasteiger partial charge in [0.1, 0.15) is 0 Å². The zero-order chi connectivity index (χ0) is 17.5. The van der Waals surface area contributed by atoms with Crippen LogP contribution in [0.4, 0.5) is 0 Å². The summed E-state index contributed by atoms with van der Waals surface area (Å²) in [7, 11) is 1.81. The molecule has 0 radical (unpaired) electrons. The number of rotatable bonds is 9. The summed E-state index contributed by atoms with van der Waals surface area (Å²) in [6.45, 7) is 4.83. The fraction of sp³-hybridized carbons (Fsp3) is 0.579. The number of carbonyl (C=O) groups excluding carboxylic acids is 2. The molecule has 0 spiro atoms. The molecule has 2 N–H and O–H groups in total. The predicted octanol–water partition coefficient (Wildman–Crippen LogP) is 1.90. The van der Waals surface area contributed by atoms with Crippen LogP contribution in [-0.2, 0) is 9.59 Å². The van der Waals surface area contributed by atoms with E-state index in [0.29, 0.717) is 18.5 Å². The third kappa shape index (κ3) is 5.64. The molecule has 0 saturated heterocycles. The lowest BCUT2D eigenvalue weighted by Crippen LogP contribution is -2.47. The molecular weight excluding hydrogens is 302 g/mol. The summed E-state index contributed by atoms with van der Waals surface area (Å²) in [5.74, 6) is 0.271. The minimum absolute atomic E-state index is 0.00429. The van der Waals surface area contributed by atoms with Gasteiger partial charge in [0, 0.05) is 18.5 Å². The molecule has 0 aromatic heterocycles. The third-order valence-corrected chi connectivity index (χ3v) is 4.66. The molecule has 0 unspecified atom stereocenters. The van der Waals surface area contributed by atoms with E-state index in [9.17, 15) is 9.59 Å². The summed E-state index contributed by atoms with van der Waals surface area (Å²) < 4.78 is 0. The summed E-state index contributed by atoms with van der Waals surface area (Å²) in [4.78, 5) is 26.0. The first-order valence-electron chi connectivity index (χ1n) is 8.83. The van der Waals surface area contributed by atoms with Gasteiger partial charge in [-0.1, -0.05) is 37.3 Å². The maximum Gasteiger partial charge on any atom is 0.237 e. The second kappa shape index (κ2) is 8.83. The monoisotopic (exact) mass is 331 g/mol. The standard InChI is InChI=1S/C19H29N3O2/c1-4-15(16-8-6-5-7-9-16)12-20-19(24)14(2)22(3)13-18(23)21-17-10-11-17/h5-9,14-15,17H,4,10-13H2,1-3H3,(H,20,24)(H,21,23)/t14-,15-/m1/s1. The van der Waals surface area contributed by atoms with Gasteiger partial charge in [-0.2, -0.15) is 0 Å². The van der Waals surface area contributed by atoms with Crippen LogP contribution in [0.25, 0.3) is 0 Å². The number of carbonyl (C=O) groups is 2. The van der Waals surface area contributed by atoms with E-state index in [1.165, 1.54) is 5.56 Å². The molecule has 1 fully saturated rings. The first-order chi connectivity index (χ1) is 11.5. The molecule has 132 valence electrons. The van der Waals surface area contributed by atoms with E-state index in [4.69, 9.17) is 0 Å². The van der Waals surface area contributed by atoms with E-state index in [1.54, 1.807) is 4.90 Å². The van der Waals surface area contributed by atoms with Crippen LogP contribution in [0.5, 0.6) is 0 Å².